The van der Waals surface area contributed by atoms with E-state index < -0.39 is 0 Å². The minimum absolute atomic E-state index is 0.338. The van der Waals surface area contributed by atoms with Gasteiger partial charge in [-0.2, -0.15) is 0 Å². The van der Waals surface area contributed by atoms with Crippen LogP contribution in [-0.4, -0.2) is 22.3 Å². The summed E-state index contributed by atoms with van der Waals surface area (Å²) in [5.74, 6) is 0. The predicted octanol–water partition coefficient (Wildman–Crippen LogP) is 3.62. The molecule has 0 aliphatic carbocycles. The third-order valence-electron chi connectivity index (χ3n) is 3.73. The Hall–Kier alpha value is -2.39. The van der Waals surface area contributed by atoms with Gasteiger partial charge in [-0.15, -0.1) is 0 Å². The second kappa shape index (κ2) is 5.19. The van der Waals surface area contributed by atoms with Crippen molar-refractivity contribution < 1.29 is 4.74 Å². The fraction of sp³-hybridized carbons (Fsp3) is 0.167. The van der Waals surface area contributed by atoms with Crippen molar-refractivity contribution in [3.63, 3.8) is 0 Å². The number of hydrogen-bond donors (Lipinski definition) is 0. The number of nitrogens with zero attached hydrogens (tertiary/aromatic N) is 2. The van der Waals surface area contributed by atoms with Gasteiger partial charge in [0, 0.05) is 11.1 Å². The molecule has 2 aromatic carbocycles. The zero-order valence-electron chi connectivity index (χ0n) is 11.6. The molecule has 3 heteroatoms. The monoisotopic (exact) mass is 276 g/mol. The predicted molar refractivity (Wildman–Crippen MR) is 82.8 cm³/mol. The molecular weight excluding hydrogens is 260 g/mol. The Morgan fingerprint density at radius 1 is 0.952 bits per heavy atom. The van der Waals surface area contributed by atoms with E-state index in [2.05, 4.69) is 45.9 Å². The molecule has 2 heterocycles. The van der Waals surface area contributed by atoms with Gasteiger partial charge in [-0.1, -0.05) is 60.7 Å². The summed E-state index contributed by atoms with van der Waals surface area (Å²) >= 11 is 0. The zero-order chi connectivity index (χ0) is 14.1. The molecular formula is C18H16N2O. The SMILES string of the molecule is c1ccc(-c2ncn(C[C@@H]3CO3)c2-c2ccccc2)cc1. The van der Waals surface area contributed by atoms with E-state index in [0.29, 0.717) is 6.10 Å². The van der Waals surface area contributed by atoms with Crippen LogP contribution in [0, 0.1) is 0 Å². The van der Waals surface area contributed by atoms with Crippen molar-refractivity contribution >= 4 is 0 Å². The van der Waals surface area contributed by atoms with Crippen molar-refractivity contribution in [2.45, 2.75) is 12.6 Å². The average molecular weight is 276 g/mol. The average Bonchev–Trinajstić information content (AvgIpc) is 3.26. The van der Waals surface area contributed by atoms with Gasteiger partial charge in [0.2, 0.25) is 0 Å². The number of imidazole rings is 1. The smallest absolute Gasteiger partial charge is 0.0988 e. The number of aromatic nitrogens is 2. The highest BCUT2D eigenvalue weighted by Crippen LogP contribution is 2.32. The molecule has 1 atom stereocenters. The van der Waals surface area contributed by atoms with E-state index in [9.17, 15) is 0 Å². The van der Waals surface area contributed by atoms with Gasteiger partial charge in [-0.25, -0.2) is 4.98 Å². The molecule has 21 heavy (non-hydrogen) atoms. The quantitative estimate of drug-likeness (QED) is 0.681. The van der Waals surface area contributed by atoms with Crippen LogP contribution < -0.4 is 0 Å². The van der Waals surface area contributed by atoms with Crippen molar-refractivity contribution in [3.05, 3.63) is 67.0 Å². The molecule has 0 spiro atoms. The topological polar surface area (TPSA) is 30.4 Å². The molecule has 0 bridgehead atoms. The van der Waals surface area contributed by atoms with Crippen molar-refractivity contribution in [1.82, 2.24) is 9.55 Å². The number of benzene rings is 2. The fourth-order valence-electron chi connectivity index (χ4n) is 2.62. The first-order valence-corrected chi connectivity index (χ1v) is 7.19. The first kappa shape index (κ1) is 12.4. The summed E-state index contributed by atoms with van der Waals surface area (Å²) in [5, 5.41) is 0. The highest BCUT2D eigenvalue weighted by molar-refractivity contribution is 5.78. The van der Waals surface area contributed by atoms with Crippen LogP contribution in [0.1, 0.15) is 0 Å². The van der Waals surface area contributed by atoms with Gasteiger partial charge in [-0.05, 0) is 0 Å². The number of hydrogen-bond acceptors (Lipinski definition) is 2. The fourth-order valence-corrected chi connectivity index (χ4v) is 2.62. The van der Waals surface area contributed by atoms with Crippen molar-refractivity contribution in [1.29, 1.82) is 0 Å². The highest BCUT2D eigenvalue weighted by atomic mass is 16.6. The molecule has 1 fully saturated rings. The number of epoxide rings is 1. The van der Waals surface area contributed by atoms with Gasteiger partial charge in [0.15, 0.2) is 0 Å². The number of ether oxygens (including phenoxy) is 1. The van der Waals surface area contributed by atoms with Gasteiger partial charge in [0.1, 0.15) is 0 Å². The maximum absolute atomic E-state index is 5.37. The molecule has 1 aromatic heterocycles. The molecule has 0 amide bonds. The summed E-state index contributed by atoms with van der Waals surface area (Å²) < 4.78 is 7.57. The molecule has 3 aromatic rings. The number of rotatable bonds is 4. The highest BCUT2D eigenvalue weighted by Gasteiger charge is 2.25. The van der Waals surface area contributed by atoms with Crippen molar-refractivity contribution in [2.24, 2.45) is 0 Å². The van der Waals surface area contributed by atoms with Crippen LogP contribution in [0.15, 0.2) is 67.0 Å². The lowest BCUT2D eigenvalue weighted by atomic mass is 10.0. The van der Waals surface area contributed by atoms with E-state index in [1.807, 2.05) is 30.6 Å². The summed E-state index contributed by atoms with van der Waals surface area (Å²) in [6.45, 7) is 1.72. The summed E-state index contributed by atoms with van der Waals surface area (Å²) in [6.07, 6.45) is 2.26. The van der Waals surface area contributed by atoms with Crippen LogP contribution in [0.3, 0.4) is 0 Å². The molecule has 1 saturated heterocycles. The minimum Gasteiger partial charge on any atom is -0.371 e. The Labute approximate surface area is 123 Å². The molecule has 0 N–H and O–H groups in total. The van der Waals surface area contributed by atoms with Crippen LogP contribution >= 0.6 is 0 Å². The van der Waals surface area contributed by atoms with Crippen LogP contribution in [-0.2, 0) is 11.3 Å². The van der Waals surface area contributed by atoms with Crippen LogP contribution in [0.2, 0.25) is 0 Å². The lowest BCUT2D eigenvalue weighted by Gasteiger charge is -2.09. The molecule has 1 aliphatic rings. The Morgan fingerprint density at radius 3 is 2.19 bits per heavy atom. The minimum atomic E-state index is 0.338. The lowest BCUT2D eigenvalue weighted by molar-refractivity contribution is 0.383. The van der Waals surface area contributed by atoms with E-state index in [1.54, 1.807) is 0 Å². The summed E-state index contributed by atoms with van der Waals surface area (Å²) in [6, 6.07) is 20.8. The summed E-state index contributed by atoms with van der Waals surface area (Å²) in [5.41, 5.74) is 4.53. The molecule has 3 nitrogen and oxygen atoms in total. The van der Waals surface area contributed by atoms with Crippen molar-refractivity contribution in [2.75, 3.05) is 6.61 Å². The molecule has 1 aliphatic heterocycles. The third-order valence-corrected chi connectivity index (χ3v) is 3.73. The van der Waals surface area contributed by atoms with Crippen LogP contribution in [0.5, 0.6) is 0 Å². The maximum Gasteiger partial charge on any atom is 0.0988 e. The lowest BCUT2D eigenvalue weighted by Crippen LogP contribution is -2.04. The van der Waals surface area contributed by atoms with Crippen molar-refractivity contribution in [3.8, 4) is 22.5 Å². The summed E-state index contributed by atoms with van der Waals surface area (Å²) in [4.78, 5) is 4.65. The van der Waals surface area contributed by atoms with Gasteiger partial charge in [0.25, 0.3) is 0 Å². The Kier molecular flexibility index (Phi) is 3.05. The van der Waals surface area contributed by atoms with Gasteiger partial charge in [0.05, 0.1) is 37.0 Å². The van der Waals surface area contributed by atoms with E-state index in [4.69, 9.17) is 4.74 Å². The van der Waals surface area contributed by atoms with E-state index in [-0.39, 0.29) is 0 Å². The van der Waals surface area contributed by atoms with Crippen LogP contribution in [0.4, 0.5) is 0 Å². The Morgan fingerprint density at radius 2 is 1.57 bits per heavy atom. The standard InChI is InChI=1S/C18H16N2O/c1-3-7-14(8-4-1)17-18(15-9-5-2-6-10-15)20(13-19-17)11-16-12-21-16/h1-10,13,16H,11-12H2/t16-/m1/s1. The van der Waals surface area contributed by atoms with E-state index in [0.717, 1.165) is 30.1 Å². The first-order valence-electron chi connectivity index (χ1n) is 7.19. The van der Waals surface area contributed by atoms with E-state index in [1.165, 1.54) is 5.56 Å². The molecule has 4 rings (SSSR count). The molecule has 0 unspecified atom stereocenters. The zero-order valence-corrected chi connectivity index (χ0v) is 11.6. The summed E-state index contributed by atoms with van der Waals surface area (Å²) in [7, 11) is 0. The second-order valence-corrected chi connectivity index (χ2v) is 5.28. The van der Waals surface area contributed by atoms with Crippen LogP contribution in [0.25, 0.3) is 22.5 Å². The maximum atomic E-state index is 5.37. The second-order valence-electron chi connectivity index (χ2n) is 5.28. The first-order chi connectivity index (χ1) is 10.4. The normalized spacial score (nSPS) is 16.9. The largest absolute Gasteiger partial charge is 0.371 e. The third kappa shape index (κ3) is 2.48. The Balaban J connectivity index is 1.85. The Bertz CT molecular complexity index is 730. The van der Waals surface area contributed by atoms with Gasteiger partial charge < -0.3 is 9.30 Å². The van der Waals surface area contributed by atoms with Gasteiger partial charge >= 0.3 is 0 Å². The molecule has 104 valence electrons. The molecule has 0 saturated carbocycles. The molecule has 0 radical (unpaired) electrons. The van der Waals surface area contributed by atoms with E-state index >= 15 is 0 Å². The van der Waals surface area contributed by atoms with Gasteiger partial charge in [-0.3, -0.25) is 0 Å².